The highest BCUT2D eigenvalue weighted by Gasteiger charge is 2.13. The predicted octanol–water partition coefficient (Wildman–Crippen LogP) is 3.51. The number of nitrogens with zero attached hydrogens (tertiary/aromatic N) is 3. The number of aliphatic imine (C=N–C) groups is 1. The van der Waals surface area contributed by atoms with Crippen molar-refractivity contribution in [1.29, 1.82) is 0 Å². The maximum atomic E-state index is 5.46. The molecule has 148 valence electrons. The summed E-state index contributed by atoms with van der Waals surface area (Å²) in [6, 6.07) is 2.07. The van der Waals surface area contributed by atoms with Crippen LogP contribution in [0.15, 0.2) is 15.6 Å². The molecule has 0 aliphatic carbocycles. The van der Waals surface area contributed by atoms with Gasteiger partial charge in [0.2, 0.25) is 0 Å². The van der Waals surface area contributed by atoms with Gasteiger partial charge < -0.3 is 20.1 Å². The number of hydrogen-bond acceptors (Lipinski definition) is 4. The molecule has 1 aromatic rings. The Kier molecular flexibility index (Phi) is 9.53. The summed E-state index contributed by atoms with van der Waals surface area (Å²) in [5.41, 5.74) is 1.06. The topological polar surface area (TPSA) is 65.7 Å². The van der Waals surface area contributed by atoms with Crippen LogP contribution in [0.5, 0.6) is 0 Å². The summed E-state index contributed by atoms with van der Waals surface area (Å²) in [4.78, 5) is 6.89. The molecule has 1 saturated heterocycles. The lowest BCUT2D eigenvalue weighted by Gasteiger charge is -2.20. The van der Waals surface area contributed by atoms with Gasteiger partial charge in [-0.2, -0.15) is 0 Å². The van der Waals surface area contributed by atoms with Crippen molar-refractivity contribution in [3.8, 4) is 0 Å². The summed E-state index contributed by atoms with van der Waals surface area (Å²) in [6.45, 7) is 9.63. The van der Waals surface area contributed by atoms with Crippen LogP contribution >= 0.6 is 0 Å². The molecular formula is C20H37N5O. The van der Waals surface area contributed by atoms with Crippen LogP contribution in [0.3, 0.4) is 0 Å². The van der Waals surface area contributed by atoms with Gasteiger partial charge >= 0.3 is 0 Å². The van der Waals surface area contributed by atoms with Gasteiger partial charge in [-0.3, -0.25) is 4.99 Å². The minimum Gasteiger partial charge on any atom is -0.359 e. The first kappa shape index (κ1) is 20.7. The molecule has 2 rings (SSSR count). The normalized spacial score (nSPS) is 16.7. The molecule has 0 unspecified atom stereocenters. The molecule has 0 bridgehead atoms. The Morgan fingerprint density at radius 1 is 1.19 bits per heavy atom. The minimum atomic E-state index is 0.490. The van der Waals surface area contributed by atoms with Crippen LogP contribution in [0.4, 0.5) is 0 Å². The van der Waals surface area contributed by atoms with Gasteiger partial charge in [-0.05, 0) is 51.7 Å². The Hall–Kier alpha value is -1.56. The van der Waals surface area contributed by atoms with E-state index in [0.29, 0.717) is 12.5 Å². The fourth-order valence-corrected chi connectivity index (χ4v) is 3.57. The summed E-state index contributed by atoms with van der Waals surface area (Å²) < 4.78 is 5.46. The molecule has 2 N–H and O–H groups in total. The van der Waals surface area contributed by atoms with E-state index in [0.717, 1.165) is 43.2 Å². The van der Waals surface area contributed by atoms with Gasteiger partial charge in [0.05, 0.1) is 12.2 Å². The Balaban J connectivity index is 1.66. The summed E-state index contributed by atoms with van der Waals surface area (Å²) in [7, 11) is 1.81. The summed E-state index contributed by atoms with van der Waals surface area (Å²) in [5.74, 6) is 2.17. The van der Waals surface area contributed by atoms with E-state index in [1.807, 2.05) is 0 Å². The molecule has 1 aromatic heterocycles. The Morgan fingerprint density at radius 2 is 1.92 bits per heavy atom. The summed E-state index contributed by atoms with van der Waals surface area (Å²) in [6.07, 6.45) is 8.82. The molecule has 0 aromatic carbocycles. The number of guanidine groups is 1. The van der Waals surface area contributed by atoms with Crippen molar-refractivity contribution in [2.75, 3.05) is 33.2 Å². The van der Waals surface area contributed by atoms with Crippen molar-refractivity contribution in [2.45, 2.75) is 71.3 Å². The highest BCUT2D eigenvalue weighted by molar-refractivity contribution is 5.79. The van der Waals surface area contributed by atoms with Gasteiger partial charge in [0, 0.05) is 25.6 Å². The molecule has 6 heteroatoms. The third-order valence-corrected chi connectivity index (χ3v) is 5.28. The van der Waals surface area contributed by atoms with Crippen molar-refractivity contribution >= 4 is 5.96 Å². The highest BCUT2D eigenvalue weighted by atomic mass is 16.5. The van der Waals surface area contributed by atoms with E-state index >= 15 is 0 Å². The summed E-state index contributed by atoms with van der Waals surface area (Å²) in [5, 5.41) is 10.9. The van der Waals surface area contributed by atoms with Crippen molar-refractivity contribution < 1.29 is 4.52 Å². The highest BCUT2D eigenvalue weighted by Crippen LogP contribution is 2.22. The fourth-order valence-electron chi connectivity index (χ4n) is 3.57. The lowest BCUT2D eigenvalue weighted by molar-refractivity contribution is 0.282. The number of likely N-dealkylation sites (tertiary alicyclic amines) is 1. The Labute approximate surface area is 158 Å². The van der Waals surface area contributed by atoms with Crippen LogP contribution in [-0.4, -0.2) is 49.2 Å². The van der Waals surface area contributed by atoms with Crippen LogP contribution < -0.4 is 10.6 Å². The SMILES string of the molecule is CCC(CC)c1cc(CNC(=NC)NCCCN2CCCCCC2)on1. The summed E-state index contributed by atoms with van der Waals surface area (Å²) >= 11 is 0. The smallest absolute Gasteiger partial charge is 0.191 e. The van der Waals surface area contributed by atoms with Crippen LogP contribution in [0.1, 0.15) is 76.2 Å². The maximum absolute atomic E-state index is 5.46. The first-order chi connectivity index (χ1) is 12.8. The van der Waals surface area contributed by atoms with Crippen molar-refractivity contribution in [2.24, 2.45) is 4.99 Å². The molecule has 0 atom stereocenters. The third kappa shape index (κ3) is 6.98. The average molecular weight is 364 g/mol. The average Bonchev–Trinajstić information content (AvgIpc) is 2.97. The molecule has 1 aliphatic rings. The van der Waals surface area contributed by atoms with Gasteiger partial charge in [0.15, 0.2) is 11.7 Å². The standard InChI is InChI=1S/C20H37N5O/c1-4-17(5-2)19-15-18(26-24-19)16-23-20(21-3)22-11-10-14-25-12-8-6-7-9-13-25/h15,17H,4-14,16H2,1-3H3,(H2,21,22,23). The second-order valence-electron chi connectivity index (χ2n) is 7.19. The monoisotopic (exact) mass is 363 g/mol. The molecule has 26 heavy (non-hydrogen) atoms. The molecule has 0 amide bonds. The van der Waals surface area contributed by atoms with E-state index < -0.39 is 0 Å². The van der Waals surface area contributed by atoms with Crippen LogP contribution in [0, 0.1) is 0 Å². The zero-order valence-electron chi connectivity index (χ0n) is 16.9. The fraction of sp³-hybridized carbons (Fsp3) is 0.800. The predicted molar refractivity (Wildman–Crippen MR) is 108 cm³/mol. The Morgan fingerprint density at radius 3 is 2.58 bits per heavy atom. The van der Waals surface area contributed by atoms with Crippen molar-refractivity contribution in [3.63, 3.8) is 0 Å². The van der Waals surface area contributed by atoms with E-state index in [9.17, 15) is 0 Å². The number of hydrogen-bond donors (Lipinski definition) is 2. The van der Waals surface area contributed by atoms with Crippen molar-refractivity contribution in [3.05, 3.63) is 17.5 Å². The molecule has 6 nitrogen and oxygen atoms in total. The first-order valence-electron chi connectivity index (χ1n) is 10.4. The van der Waals surface area contributed by atoms with Crippen molar-refractivity contribution in [1.82, 2.24) is 20.7 Å². The third-order valence-electron chi connectivity index (χ3n) is 5.28. The molecule has 1 aliphatic heterocycles. The lowest BCUT2D eigenvalue weighted by atomic mass is 9.99. The maximum Gasteiger partial charge on any atom is 0.191 e. The van der Waals surface area contributed by atoms with Gasteiger partial charge in [-0.25, -0.2) is 0 Å². The van der Waals surface area contributed by atoms with Gasteiger partial charge in [-0.1, -0.05) is 31.8 Å². The lowest BCUT2D eigenvalue weighted by Crippen LogP contribution is -2.38. The van der Waals surface area contributed by atoms with Crippen LogP contribution in [0.25, 0.3) is 0 Å². The first-order valence-corrected chi connectivity index (χ1v) is 10.4. The molecule has 0 saturated carbocycles. The zero-order chi connectivity index (χ0) is 18.6. The second kappa shape index (κ2) is 11.9. The van der Waals surface area contributed by atoms with E-state index in [2.05, 4.69) is 45.6 Å². The molecule has 0 radical (unpaired) electrons. The van der Waals surface area contributed by atoms with Crippen LogP contribution in [0.2, 0.25) is 0 Å². The molecular weight excluding hydrogens is 326 g/mol. The Bertz CT molecular complexity index is 516. The number of rotatable bonds is 9. The number of aromatic nitrogens is 1. The quantitative estimate of drug-likeness (QED) is 0.399. The van der Waals surface area contributed by atoms with E-state index in [1.54, 1.807) is 7.05 Å². The van der Waals surface area contributed by atoms with Gasteiger partial charge in [0.1, 0.15) is 0 Å². The van der Waals surface area contributed by atoms with Gasteiger partial charge in [0.25, 0.3) is 0 Å². The van der Waals surface area contributed by atoms with Gasteiger partial charge in [-0.15, -0.1) is 0 Å². The largest absolute Gasteiger partial charge is 0.359 e. The van der Waals surface area contributed by atoms with E-state index in [4.69, 9.17) is 4.52 Å². The molecule has 2 heterocycles. The van der Waals surface area contributed by atoms with E-state index in [1.165, 1.54) is 45.3 Å². The van der Waals surface area contributed by atoms with Crippen LogP contribution in [-0.2, 0) is 6.54 Å². The zero-order valence-corrected chi connectivity index (χ0v) is 16.9. The molecule has 1 fully saturated rings. The number of nitrogens with one attached hydrogen (secondary N) is 2. The molecule has 0 spiro atoms. The van der Waals surface area contributed by atoms with E-state index in [-0.39, 0.29) is 0 Å². The second-order valence-corrected chi connectivity index (χ2v) is 7.19. The minimum absolute atomic E-state index is 0.490.